The van der Waals surface area contributed by atoms with Crippen molar-refractivity contribution in [2.75, 3.05) is 12.3 Å². The molecule has 2 aromatic rings. The summed E-state index contributed by atoms with van der Waals surface area (Å²) in [5.41, 5.74) is 6.75. The lowest BCUT2D eigenvalue weighted by molar-refractivity contribution is 0.0955. The van der Waals surface area contributed by atoms with Crippen LogP contribution in [0.2, 0.25) is 5.02 Å². The molecular weight excluding hydrogens is 298 g/mol. The number of nitrogens with one attached hydrogen (secondary N) is 1. The smallest absolute Gasteiger partial charge is 0.253 e. The van der Waals surface area contributed by atoms with Crippen molar-refractivity contribution >= 4 is 23.2 Å². The number of halogens is 3. The molecule has 0 unspecified atom stereocenters. The van der Waals surface area contributed by atoms with Crippen LogP contribution >= 0.6 is 11.6 Å². The number of rotatable bonds is 4. The topological polar surface area (TPSA) is 55.1 Å². The van der Waals surface area contributed by atoms with E-state index in [4.69, 9.17) is 17.3 Å². The number of carbonyl (C=O) groups is 1. The van der Waals surface area contributed by atoms with E-state index in [0.717, 1.165) is 6.07 Å². The molecule has 21 heavy (non-hydrogen) atoms. The molecule has 0 atom stereocenters. The van der Waals surface area contributed by atoms with Gasteiger partial charge in [0, 0.05) is 23.3 Å². The van der Waals surface area contributed by atoms with Crippen molar-refractivity contribution < 1.29 is 13.6 Å². The van der Waals surface area contributed by atoms with Crippen molar-refractivity contribution in [3.05, 3.63) is 64.2 Å². The summed E-state index contributed by atoms with van der Waals surface area (Å²) >= 11 is 5.75. The Morgan fingerprint density at radius 2 is 1.81 bits per heavy atom. The molecule has 0 spiro atoms. The Morgan fingerprint density at radius 3 is 2.43 bits per heavy atom. The molecule has 0 aromatic heterocycles. The van der Waals surface area contributed by atoms with Crippen molar-refractivity contribution in [3.63, 3.8) is 0 Å². The van der Waals surface area contributed by atoms with Gasteiger partial charge in [-0.2, -0.15) is 0 Å². The lowest BCUT2D eigenvalue weighted by Crippen LogP contribution is -2.26. The Labute approximate surface area is 125 Å². The summed E-state index contributed by atoms with van der Waals surface area (Å²) < 4.78 is 26.0. The molecule has 0 fully saturated rings. The van der Waals surface area contributed by atoms with Crippen LogP contribution in [0.1, 0.15) is 15.9 Å². The Kier molecular flexibility index (Phi) is 4.75. The minimum Gasteiger partial charge on any atom is -0.398 e. The first kappa shape index (κ1) is 15.3. The van der Waals surface area contributed by atoms with Gasteiger partial charge in [-0.05, 0) is 42.3 Å². The van der Waals surface area contributed by atoms with E-state index in [-0.39, 0.29) is 18.1 Å². The first-order valence-electron chi connectivity index (χ1n) is 6.24. The molecule has 110 valence electrons. The van der Waals surface area contributed by atoms with Crippen LogP contribution in [0.5, 0.6) is 0 Å². The molecule has 0 aliphatic rings. The number of hydrogen-bond donors (Lipinski definition) is 2. The number of carbonyl (C=O) groups excluding carboxylic acids is 1. The quantitative estimate of drug-likeness (QED) is 0.852. The number of amides is 1. The van der Waals surface area contributed by atoms with E-state index in [2.05, 4.69) is 5.32 Å². The summed E-state index contributed by atoms with van der Waals surface area (Å²) in [6.45, 7) is 0.240. The van der Waals surface area contributed by atoms with Gasteiger partial charge in [0.2, 0.25) is 0 Å². The highest BCUT2D eigenvalue weighted by Gasteiger charge is 2.09. The van der Waals surface area contributed by atoms with Gasteiger partial charge in [0.25, 0.3) is 5.91 Å². The van der Waals surface area contributed by atoms with Crippen LogP contribution in [0, 0.1) is 11.6 Å². The fourth-order valence-electron chi connectivity index (χ4n) is 1.91. The fraction of sp³-hybridized carbons (Fsp3) is 0.133. The minimum atomic E-state index is -0.640. The van der Waals surface area contributed by atoms with E-state index in [0.29, 0.717) is 22.6 Å². The molecule has 0 saturated carbocycles. The monoisotopic (exact) mass is 310 g/mol. The Hall–Kier alpha value is -2.14. The van der Waals surface area contributed by atoms with Gasteiger partial charge in [-0.15, -0.1) is 0 Å². The second-order valence-electron chi connectivity index (χ2n) is 4.52. The van der Waals surface area contributed by atoms with Crippen LogP contribution in [-0.2, 0) is 6.42 Å². The van der Waals surface area contributed by atoms with Gasteiger partial charge in [-0.25, -0.2) is 8.78 Å². The van der Waals surface area contributed by atoms with Crippen molar-refractivity contribution in [1.29, 1.82) is 0 Å². The molecule has 0 radical (unpaired) electrons. The second kappa shape index (κ2) is 6.54. The third-order valence-electron chi connectivity index (χ3n) is 2.88. The van der Waals surface area contributed by atoms with Gasteiger partial charge in [0.15, 0.2) is 0 Å². The average Bonchev–Trinajstić information content (AvgIpc) is 2.37. The van der Waals surface area contributed by atoms with E-state index in [1.165, 1.54) is 24.3 Å². The van der Waals surface area contributed by atoms with Gasteiger partial charge in [0.1, 0.15) is 11.6 Å². The summed E-state index contributed by atoms with van der Waals surface area (Å²) in [7, 11) is 0. The van der Waals surface area contributed by atoms with Crippen molar-refractivity contribution in [2.24, 2.45) is 0 Å². The first-order chi connectivity index (χ1) is 9.95. The molecular formula is C15H13ClF2N2O. The van der Waals surface area contributed by atoms with E-state index < -0.39 is 11.6 Å². The molecule has 0 saturated heterocycles. The third-order valence-corrected chi connectivity index (χ3v) is 3.11. The van der Waals surface area contributed by atoms with Crippen LogP contribution in [-0.4, -0.2) is 12.5 Å². The number of anilines is 1. The molecule has 1 amide bonds. The van der Waals surface area contributed by atoms with Crippen LogP contribution in [0.3, 0.4) is 0 Å². The summed E-state index contributed by atoms with van der Waals surface area (Å²) in [4.78, 5) is 11.9. The molecule has 0 heterocycles. The first-order valence-corrected chi connectivity index (χ1v) is 6.61. The van der Waals surface area contributed by atoms with Crippen LogP contribution < -0.4 is 11.1 Å². The van der Waals surface area contributed by atoms with E-state index in [9.17, 15) is 13.6 Å². The van der Waals surface area contributed by atoms with Crippen molar-refractivity contribution in [2.45, 2.75) is 6.42 Å². The standard InChI is InChI=1S/C15H13ClF2N2O/c16-10-1-2-13(14(19)7-10)15(21)20-4-3-9-5-11(17)8-12(18)6-9/h1-2,5-8H,3-4,19H2,(H,20,21). The molecule has 3 N–H and O–H groups in total. The largest absolute Gasteiger partial charge is 0.398 e. The zero-order valence-electron chi connectivity index (χ0n) is 11.0. The number of nitrogens with two attached hydrogens (primary N) is 1. The average molecular weight is 311 g/mol. The Balaban J connectivity index is 1.95. The molecule has 6 heteroatoms. The summed E-state index contributed by atoms with van der Waals surface area (Å²) in [5, 5.41) is 3.08. The van der Waals surface area contributed by atoms with E-state index >= 15 is 0 Å². The van der Waals surface area contributed by atoms with Gasteiger partial charge in [-0.1, -0.05) is 11.6 Å². The molecule has 0 aliphatic heterocycles. The summed E-state index contributed by atoms with van der Waals surface area (Å²) in [6.07, 6.45) is 0.313. The lowest BCUT2D eigenvalue weighted by Gasteiger charge is -2.08. The van der Waals surface area contributed by atoms with Crippen molar-refractivity contribution in [3.8, 4) is 0 Å². The normalized spacial score (nSPS) is 10.4. The maximum Gasteiger partial charge on any atom is 0.253 e. The van der Waals surface area contributed by atoms with Gasteiger partial charge in [-0.3, -0.25) is 4.79 Å². The highest BCUT2D eigenvalue weighted by atomic mass is 35.5. The lowest BCUT2D eigenvalue weighted by atomic mass is 10.1. The zero-order chi connectivity index (χ0) is 15.4. The van der Waals surface area contributed by atoms with E-state index in [1.807, 2.05) is 0 Å². The molecule has 2 rings (SSSR count). The number of hydrogen-bond acceptors (Lipinski definition) is 2. The maximum atomic E-state index is 13.0. The summed E-state index contributed by atoms with van der Waals surface area (Å²) in [6, 6.07) is 7.83. The third kappa shape index (κ3) is 4.16. The molecule has 0 bridgehead atoms. The van der Waals surface area contributed by atoms with E-state index in [1.54, 1.807) is 6.07 Å². The minimum absolute atomic E-state index is 0.240. The number of nitrogen functional groups attached to an aromatic ring is 1. The highest BCUT2D eigenvalue weighted by Crippen LogP contribution is 2.17. The highest BCUT2D eigenvalue weighted by molar-refractivity contribution is 6.31. The van der Waals surface area contributed by atoms with Gasteiger partial charge >= 0.3 is 0 Å². The number of benzene rings is 2. The molecule has 3 nitrogen and oxygen atoms in total. The Morgan fingerprint density at radius 1 is 1.14 bits per heavy atom. The van der Waals surface area contributed by atoms with Crippen LogP contribution in [0.4, 0.5) is 14.5 Å². The second-order valence-corrected chi connectivity index (χ2v) is 4.95. The van der Waals surface area contributed by atoms with Crippen LogP contribution in [0.15, 0.2) is 36.4 Å². The molecule has 2 aromatic carbocycles. The SMILES string of the molecule is Nc1cc(Cl)ccc1C(=O)NCCc1cc(F)cc(F)c1. The zero-order valence-corrected chi connectivity index (χ0v) is 11.8. The Bertz CT molecular complexity index is 656. The predicted molar refractivity (Wildman–Crippen MR) is 78.3 cm³/mol. The molecule has 0 aliphatic carbocycles. The van der Waals surface area contributed by atoms with Crippen LogP contribution in [0.25, 0.3) is 0 Å². The summed E-state index contributed by atoms with van der Waals surface area (Å²) in [5.74, 6) is -1.64. The predicted octanol–water partition coefficient (Wildman–Crippen LogP) is 3.17. The van der Waals surface area contributed by atoms with Crippen molar-refractivity contribution in [1.82, 2.24) is 5.32 Å². The maximum absolute atomic E-state index is 13.0. The van der Waals surface area contributed by atoms with Gasteiger partial charge < -0.3 is 11.1 Å². The van der Waals surface area contributed by atoms with Gasteiger partial charge in [0.05, 0.1) is 5.56 Å². The fourth-order valence-corrected chi connectivity index (χ4v) is 2.09.